The number of amides is 1. The number of rotatable bonds is 6. The van der Waals surface area contributed by atoms with Gasteiger partial charge in [0.2, 0.25) is 5.91 Å². The predicted octanol–water partition coefficient (Wildman–Crippen LogP) is 2.24. The van der Waals surface area contributed by atoms with Gasteiger partial charge in [-0.3, -0.25) is 9.59 Å². The highest BCUT2D eigenvalue weighted by atomic mass is 16.5. The molecule has 1 aromatic heterocycles. The van der Waals surface area contributed by atoms with Gasteiger partial charge in [-0.25, -0.2) is 4.68 Å². The van der Waals surface area contributed by atoms with Crippen LogP contribution in [0.1, 0.15) is 5.56 Å². The molecule has 1 amide bonds. The topological polar surface area (TPSA) is 73.2 Å². The normalized spacial score (nSPS) is 10.3. The molecule has 132 valence electrons. The second-order valence-electron chi connectivity index (χ2n) is 5.71. The number of methoxy groups -OCH3 is 1. The molecule has 2 aromatic carbocycles. The van der Waals surface area contributed by atoms with Crippen LogP contribution in [-0.4, -0.2) is 22.8 Å². The second-order valence-corrected chi connectivity index (χ2v) is 5.71. The first-order chi connectivity index (χ1) is 12.7. The van der Waals surface area contributed by atoms with E-state index in [0.29, 0.717) is 12.2 Å². The van der Waals surface area contributed by atoms with Crippen molar-refractivity contribution < 1.29 is 9.53 Å². The molecule has 0 radical (unpaired) electrons. The maximum atomic E-state index is 12.2. The van der Waals surface area contributed by atoms with Gasteiger partial charge in [-0.1, -0.05) is 42.5 Å². The molecule has 0 aliphatic rings. The minimum absolute atomic E-state index is 0.135. The van der Waals surface area contributed by atoms with Gasteiger partial charge in [-0.2, -0.15) is 5.10 Å². The van der Waals surface area contributed by atoms with E-state index in [1.54, 1.807) is 13.2 Å². The molecule has 3 aromatic rings. The standard InChI is InChI=1S/C20H19N3O3/c1-26-17-9-5-6-15(12-17)13-21-19(24)14-23-20(25)11-10-18(22-23)16-7-3-2-4-8-16/h2-12H,13-14H2,1H3,(H,21,24). The number of carbonyl (C=O) groups is 1. The zero-order chi connectivity index (χ0) is 18.4. The van der Waals surface area contributed by atoms with Crippen LogP contribution >= 0.6 is 0 Å². The number of benzene rings is 2. The van der Waals surface area contributed by atoms with Gasteiger partial charge in [0.25, 0.3) is 5.56 Å². The molecule has 0 aliphatic carbocycles. The summed E-state index contributed by atoms with van der Waals surface area (Å²) in [5.41, 5.74) is 2.13. The van der Waals surface area contributed by atoms with Crippen molar-refractivity contribution in [2.24, 2.45) is 0 Å². The minimum atomic E-state index is -0.318. The lowest BCUT2D eigenvalue weighted by Gasteiger charge is -2.09. The fraction of sp³-hybridized carbons (Fsp3) is 0.150. The second kappa shape index (κ2) is 8.11. The molecule has 3 rings (SSSR count). The van der Waals surface area contributed by atoms with E-state index in [2.05, 4.69) is 10.4 Å². The summed E-state index contributed by atoms with van der Waals surface area (Å²) in [6, 6.07) is 20.0. The smallest absolute Gasteiger partial charge is 0.267 e. The van der Waals surface area contributed by atoms with Crippen molar-refractivity contribution in [3.8, 4) is 17.0 Å². The third-order valence-electron chi connectivity index (χ3n) is 3.85. The summed E-state index contributed by atoms with van der Waals surface area (Å²) in [4.78, 5) is 24.2. The third kappa shape index (κ3) is 4.36. The third-order valence-corrected chi connectivity index (χ3v) is 3.85. The molecule has 0 bridgehead atoms. The molecule has 0 atom stereocenters. The molecule has 0 unspecified atom stereocenters. The van der Waals surface area contributed by atoms with Crippen molar-refractivity contribution >= 4 is 5.91 Å². The van der Waals surface area contributed by atoms with Gasteiger partial charge >= 0.3 is 0 Å². The van der Waals surface area contributed by atoms with Gasteiger partial charge in [-0.05, 0) is 23.8 Å². The van der Waals surface area contributed by atoms with Crippen LogP contribution < -0.4 is 15.6 Å². The number of carbonyl (C=O) groups excluding carboxylic acids is 1. The minimum Gasteiger partial charge on any atom is -0.497 e. The van der Waals surface area contributed by atoms with Crippen LogP contribution in [0.4, 0.5) is 0 Å². The number of nitrogens with one attached hydrogen (secondary N) is 1. The first-order valence-electron chi connectivity index (χ1n) is 8.19. The van der Waals surface area contributed by atoms with E-state index in [9.17, 15) is 9.59 Å². The average Bonchev–Trinajstić information content (AvgIpc) is 2.69. The number of hydrogen-bond donors (Lipinski definition) is 1. The Labute approximate surface area is 151 Å². The molecule has 6 heteroatoms. The summed E-state index contributed by atoms with van der Waals surface area (Å²) in [6.45, 7) is 0.215. The maximum Gasteiger partial charge on any atom is 0.267 e. The Hall–Kier alpha value is -3.41. The molecule has 6 nitrogen and oxygen atoms in total. The zero-order valence-electron chi connectivity index (χ0n) is 14.4. The van der Waals surface area contributed by atoms with Crippen LogP contribution in [0.3, 0.4) is 0 Å². The number of hydrogen-bond acceptors (Lipinski definition) is 4. The van der Waals surface area contributed by atoms with E-state index in [1.807, 2.05) is 54.6 Å². The monoisotopic (exact) mass is 349 g/mol. The highest BCUT2D eigenvalue weighted by Gasteiger charge is 2.08. The van der Waals surface area contributed by atoms with E-state index in [1.165, 1.54) is 10.7 Å². The van der Waals surface area contributed by atoms with Crippen molar-refractivity contribution in [2.75, 3.05) is 7.11 Å². The zero-order valence-corrected chi connectivity index (χ0v) is 14.4. The fourth-order valence-corrected chi connectivity index (χ4v) is 2.50. The summed E-state index contributed by atoms with van der Waals surface area (Å²) in [5, 5.41) is 7.08. The number of aromatic nitrogens is 2. The van der Waals surface area contributed by atoms with Gasteiger partial charge in [0.05, 0.1) is 12.8 Å². The van der Waals surface area contributed by atoms with Gasteiger partial charge in [0, 0.05) is 18.2 Å². The average molecular weight is 349 g/mol. The van der Waals surface area contributed by atoms with Crippen molar-refractivity contribution in [1.29, 1.82) is 0 Å². The van der Waals surface area contributed by atoms with Gasteiger partial charge in [0.15, 0.2) is 0 Å². The Bertz CT molecular complexity index is 952. The highest BCUT2D eigenvalue weighted by molar-refractivity contribution is 5.75. The first-order valence-corrected chi connectivity index (χ1v) is 8.19. The Morgan fingerprint density at radius 3 is 2.65 bits per heavy atom. The summed E-state index contributed by atoms with van der Waals surface area (Å²) in [6.07, 6.45) is 0. The van der Waals surface area contributed by atoms with E-state index in [-0.39, 0.29) is 18.0 Å². The molecule has 0 aliphatic heterocycles. The van der Waals surface area contributed by atoms with Crippen LogP contribution in [0.15, 0.2) is 71.5 Å². The van der Waals surface area contributed by atoms with Crippen LogP contribution in [0, 0.1) is 0 Å². The molecule has 0 spiro atoms. The van der Waals surface area contributed by atoms with Crippen molar-refractivity contribution in [3.63, 3.8) is 0 Å². The number of ether oxygens (including phenoxy) is 1. The predicted molar refractivity (Wildman–Crippen MR) is 98.8 cm³/mol. The van der Waals surface area contributed by atoms with E-state index >= 15 is 0 Å². The molecule has 0 saturated heterocycles. The van der Waals surface area contributed by atoms with Crippen LogP contribution in [0.25, 0.3) is 11.3 Å². The van der Waals surface area contributed by atoms with E-state index < -0.39 is 0 Å². The lowest BCUT2D eigenvalue weighted by atomic mass is 10.1. The quantitative estimate of drug-likeness (QED) is 0.741. The summed E-state index contributed by atoms with van der Waals surface area (Å²) < 4.78 is 6.33. The van der Waals surface area contributed by atoms with Crippen molar-refractivity contribution in [2.45, 2.75) is 13.1 Å². The summed E-state index contributed by atoms with van der Waals surface area (Å²) >= 11 is 0. The lowest BCUT2D eigenvalue weighted by molar-refractivity contribution is -0.122. The van der Waals surface area contributed by atoms with Crippen LogP contribution in [0.2, 0.25) is 0 Å². The van der Waals surface area contributed by atoms with Crippen LogP contribution in [0.5, 0.6) is 5.75 Å². The number of nitrogens with zero attached hydrogens (tertiary/aromatic N) is 2. The molecule has 26 heavy (non-hydrogen) atoms. The van der Waals surface area contributed by atoms with E-state index in [4.69, 9.17) is 4.74 Å². The molecule has 0 saturated carbocycles. The molecule has 1 heterocycles. The Balaban J connectivity index is 1.68. The molecule has 1 N–H and O–H groups in total. The maximum absolute atomic E-state index is 12.2. The van der Waals surface area contributed by atoms with Gasteiger partial charge in [0.1, 0.15) is 12.3 Å². The van der Waals surface area contributed by atoms with Crippen LogP contribution in [-0.2, 0) is 17.9 Å². The summed E-state index contributed by atoms with van der Waals surface area (Å²) in [7, 11) is 1.59. The largest absolute Gasteiger partial charge is 0.497 e. The van der Waals surface area contributed by atoms with E-state index in [0.717, 1.165) is 16.9 Å². The Kier molecular flexibility index (Phi) is 5.43. The molecular formula is C20H19N3O3. The SMILES string of the molecule is COc1cccc(CNC(=O)Cn2nc(-c3ccccc3)ccc2=O)c1. The Morgan fingerprint density at radius 1 is 1.08 bits per heavy atom. The Morgan fingerprint density at radius 2 is 1.88 bits per heavy atom. The van der Waals surface area contributed by atoms with Crippen molar-refractivity contribution in [1.82, 2.24) is 15.1 Å². The van der Waals surface area contributed by atoms with Gasteiger partial charge in [-0.15, -0.1) is 0 Å². The highest BCUT2D eigenvalue weighted by Crippen LogP contribution is 2.14. The van der Waals surface area contributed by atoms with Crippen molar-refractivity contribution in [3.05, 3.63) is 82.6 Å². The first kappa shape index (κ1) is 17.4. The fourth-order valence-electron chi connectivity index (χ4n) is 2.50. The summed E-state index contributed by atoms with van der Waals surface area (Å²) in [5.74, 6) is 0.442. The molecule has 0 fully saturated rings. The lowest BCUT2D eigenvalue weighted by Crippen LogP contribution is -2.33. The molecular weight excluding hydrogens is 330 g/mol. The van der Waals surface area contributed by atoms with Gasteiger partial charge < -0.3 is 10.1 Å².